The molecule has 0 atom stereocenters. The molecule has 1 N–H and O–H groups in total. The molecule has 2 nitrogen and oxygen atoms in total. The SMILES string of the molecule is CC(C)/C1=C/C=C\CNc2ccnc(C(C)C)c21. The summed E-state index contributed by atoms with van der Waals surface area (Å²) < 4.78 is 0. The Bertz CT molecular complexity index is 482. The average Bonchev–Trinajstić information content (AvgIpc) is 2.28. The number of pyridine rings is 1. The third-order valence-electron chi connectivity index (χ3n) is 3.26. The molecule has 1 aromatic rings. The Hall–Kier alpha value is -1.57. The third kappa shape index (κ3) is 2.47. The predicted molar refractivity (Wildman–Crippen MR) is 78.8 cm³/mol. The van der Waals surface area contributed by atoms with Crippen molar-refractivity contribution in [2.75, 3.05) is 11.9 Å². The molecule has 18 heavy (non-hydrogen) atoms. The second-order valence-corrected chi connectivity index (χ2v) is 5.36. The molecule has 2 heterocycles. The van der Waals surface area contributed by atoms with Gasteiger partial charge in [0.1, 0.15) is 0 Å². The maximum atomic E-state index is 4.59. The minimum Gasteiger partial charge on any atom is -0.381 e. The maximum Gasteiger partial charge on any atom is 0.0524 e. The van der Waals surface area contributed by atoms with E-state index in [2.05, 4.69) is 62.3 Å². The van der Waals surface area contributed by atoms with Crippen molar-refractivity contribution in [3.8, 4) is 0 Å². The van der Waals surface area contributed by atoms with Crippen LogP contribution >= 0.6 is 0 Å². The summed E-state index contributed by atoms with van der Waals surface area (Å²) in [4.78, 5) is 4.59. The summed E-state index contributed by atoms with van der Waals surface area (Å²) in [6, 6.07) is 2.08. The van der Waals surface area contributed by atoms with Crippen LogP contribution in [0.15, 0.2) is 30.5 Å². The number of hydrogen-bond acceptors (Lipinski definition) is 2. The number of aromatic nitrogens is 1. The molecule has 0 aromatic carbocycles. The van der Waals surface area contributed by atoms with Crippen LogP contribution in [-0.2, 0) is 0 Å². The zero-order chi connectivity index (χ0) is 13.1. The van der Waals surface area contributed by atoms with Gasteiger partial charge in [-0.2, -0.15) is 0 Å². The minimum atomic E-state index is 0.437. The molecule has 0 saturated carbocycles. The first-order chi connectivity index (χ1) is 8.61. The lowest BCUT2D eigenvalue weighted by molar-refractivity contribution is 0.800. The van der Waals surface area contributed by atoms with E-state index in [4.69, 9.17) is 0 Å². The highest BCUT2D eigenvalue weighted by Gasteiger charge is 2.18. The van der Waals surface area contributed by atoms with E-state index in [9.17, 15) is 0 Å². The van der Waals surface area contributed by atoms with Gasteiger partial charge in [0.25, 0.3) is 0 Å². The number of nitrogens with zero attached hydrogens (tertiary/aromatic N) is 1. The largest absolute Gasteiger partial charge is 0.381 e. The van der Waals surface area contributed by atoms with Crippen molar-refractivity contribution in [1.29, 1.82) is 0 Å². The minimum absolute atomic E-state index is 0.437. The van der Waals surface area contributed by atoms with Crippen molar-refractivity contribution >= 4 is 11.3 Å². The summed E-state index contributed by atoms with van der Waals surface area (Å²) in [7, 11) is 0. The lowest BCUT2D eigenvalue weighted by atomic mass is 9.88. The van der Waals surface area contributed by atoms with Gasteiger partial charge in [-0.1, -0.05) is 45.9 Å². The van der Waals surface area contributed by atoms with E-state index >= 15 is 0 Å². The quantitative estimate of drug-likeness (QED) is 0.839. The lowest BCUT2D eigenvalue weighted by Gasteiger charge is -2.22. The molecule has 0 aliphatic carbocycles. The van der Waals surface area contributed by atoms with Crippen LogP contribution in [0.1, 0.15) is 44.9 Å². The number of nitrogens with one attached hydrogen (secondary N) is 1. The van der Waals surface area contributed by atoms with Crippen molar-refractivity contribution in [2.24, 2.45) is 5.92 Å². The molecule has 0 fully saturated rings. The summed E-state index contributed by atoms with van der Waals surface area (Å²) in [5.41, 5.74) is 5.06. The molecule has 0 spiro atoms. The van der Waals surface area contributed by atoms with E-state index in [0.717, 1.165) is 6.54 Å². The number of hydrogen-bond donors (Lipinski definition) is 1. The Kier molecular flexibility index (Phi) is 3.85. The van der Waals surface area contributed by atoms with Gasteiger partial charge in [0.05, 0.1) is 5.69 Å². The molecular formula is C16H22N2. The van der Waals surface area contributed by atoms with Crippen molar-refractivity contribution in [1.82, 2.24) is 4.98 Å². The second-order valence-electron chi connectivity index (χ2n) is 5.36. The van der Waals surface area contributed by atoms with E-state index in [1.54, 1.807) is 0 Å². The van der Waals surface area contributed by atoms with Gasteiger partial charge in [-0.05, 0) is 23.5 Å². The van der Waals surface area contributed by atoms with E-state index in [0.29, 0.717) is 11.8 Å². The van der Waals surface area contributed by atoms with Crippen molar-refractivity contribution in [3.63, 3.8) is 0 Å². The maximum absolute atomic E-state index is 4.59. The van der Waals surface area contributed by atoms with Crippen LogP contribution in [-0.4, -0.2) is 11.5 Å². The standard InChI is InChI=1S/C16H22N2/c1-11(2)13-7-5-6-9-17-14-8-10-18-16(12(3)4)15(13)14/h5-8,10-12,17H,9H2,1-4H3/b6-5-,13-7-. The van der Waals surface area contributed by atoms with Crippen molar-refractivity contribution in [2.45, 2.75) is 33.6 Å². The van der Waals surface area contributed by atoms with Crippen molar-refractivity contribution < 1.29 is 0 Å². The average molecular weight is 242 g/mol. The Morgan fingerprint density at radius 1 is 1.17 bits per heavy atom. The first kappa shape index (κ1) is 12.9. The highest BCUT2D eigenvalue weighted by atomic mass is 14.9. The van der Waals surface area contributed by atoms with Crippen LogP contribution in [0.2, 0.25) is 0 Å². The molecule has 0 amide bonds. The number of anilines is 1. The van der Waals surface area contributed by atoms with Gasteiger partial charge in [0.2, 0.25) is 0 Å². The number of allylic oxidation sites excluding steroid dienone is 3. The van der Waals surface area contributed by atoms with Gasteiger partial charge in [-0.15, -0.1) is 0 Å². The Morgan fingerprint density at radius 2 is 1.94 bits per heavy atom. The molecule has 2 heteroatoms. The van der Waals surface area contributed by atoms with E-state index in [1.165, 1.54) is 22.5 Å². The summed E-state index contributed by atoms with van der Waals surface area (Å²) >= 11 is 0. The Labute approximate surface area is 110 Å². The summed E-state index contributed by atoms with van der Waals surface area (Å²) in [6.45, 7) is 9.76. The summed E-state index contributed by atoms with van der Waals surface area (Å²) in [5.74, 6) is 0.933. The molecule has 96 valence electrons. The van der Waals surface area contributed by atoms with Crippen molar-refractivity contribution in [3.05, 3.63) is 41.7 Å². The number of rotatable bonds is 2. The van der Waals surface area contributed by atoms with Crippen LogP contribution in [0.4, 0.5) is 5.69 Å². The van der Waals surface area contributed by atoms with Gasteiger partial charge in [0.15, 0.2) is 0 Å². The highest BCUT2D eigenvalue weighted by molar-refractivity contribution is 5.80. The molecule has 1 aromatic heterocycles. The first-order valence-electron chi connectivity index (χ1n) is 6.71. The number of fused-ring (bicyclic) bond motifs is 1. The molecule has 1 aliphatic heterocycles. The van der Waals surface area contributed by atoms with Crippen LogP contribution in [0.5, 0.6) is 0 Å². The Balaban J connectivity index is 2.65. The summed E-state index contributed by atoms with van der Waals surface area (Å²) in [6.07, 6.45) is 8.44. The topological polar surface area (TPSA) is 24.9 Å². The van der Waals surface area contributed by atoms with Crippen LogP contribution in [0.25, 0.3) is 5.57 Å². The molecule has 2 rings (SSSR count). The van der Waals surface area contributed by atoms with E-state index < -0.39 is 0 Å². The van der Waals surface area contributed by atoms with Crippen LogP contribution in [0.3, 0.4) is 0 Å². The fourth-order valence-electron chi connectivity index (χ4n) is 2.34. The molecule has 0 unspecified atom stereocenters. The lowest BCUT2D eigenvalue weighted by Crippen LogP contribution is -2.10. The van der Waals surface area contributed by atoms with Gasteiger partial charge >= 0.3 is 0 Å². The fourth-order valence-corrected chi connectivity index (χ4v) is 2.34. The van der Waals surface area contributed by atoms with Gasteiger partial charge in [0, 0.05) is 24.0 Å². The van der Waals surface area contributed by atoms with Crippen LogP contribution < -0.4 is 5.32 Å². The first-order valence-corrected chi connectivity index (χ1v) is 6.71. The molecule has 0 bridgehead atoms. The normalized spacial score (nSPS) is 19.6. The second kappa shape index (κ2) is 5.38. The van der Waals surface area contributed by atoms with Gasteiger partial charge in [-0.25, -0.2) is 0 Å². The molecular weight excluding hydrogens is 220 g/mol. The zero-order valence-corrected chi connectivity index (χ0v) is 11.7. The monoisotopic (exact) mass is 242 g/mol. The molecule has 0 saturated heterocycles. The Morgan fingerprint density at radius 3 is 2.61 bits per heavy atom. The van der Waals surface area contributed by atoms with Gasteiger partial charge in [-0.3, -0.25) is 4.98 Å². The predicted octanol–water partition coefficient (Wildman–Crippen LogP) is 4.23. The molecule has 1 aliphatic rings. The third-order valence-corrected chi connectivity index (χ3v) is 3.26. The van der Waals surface area contributed by atoms with E-state index in [-0.39, 0.29) is 0 Å². The van der Waals surface area contributed by atoms with Gasteiger partial charge < -0.3 is 5.32 Å². The molecule has 0 radical (unpaired) electrons. The zero-order valence-electron chi connectivity index (χ0n) is 11.7. The van der Waals surface area contributed by atoms with E-state index in [1.807, 2.05) is 6.20 Å². The smallest absolute Gasteiger partial charge is 0.0524 e. The fraction of sp³-hybridized carbons (Fsp3) is 0.438. The highest BCUT2D eigenvalue weighted by Crippen LogP contribution is 2.35. The summed E-state index contributed by atoms with van der Waals surface area (Å²) in [5, 5.41) is 3.48. The van der Waals surface area contributed by atoms with Crippen LogP contribution in [0, 0.1) is 5.92 Å².